The molecule has 0 aromatic carbocycles. The van der Waals surface area contributed by atoms with E-state index < -0.39 is 0 Å². The fourth-order valence-electron chi connectivity index (χ4n) is 0.635. The van der Waals surface area contributed by atoms with Crippen LogP contribution in [0, 0.1) is 5.92 Å². The molecule has 2 heteroatoms. The highest BCUT2D eigenvalue weighted by molar-refractivity contribution is 7.99. The van der Waals surface area contributed by atoms with Crippen LogP contribution in [0.2, 0.25) is 0 Å². The molecule has 62 valence electrons. The van der Waals surface area contributed by atoms with Crippen molar-refractivity contribution in [1.82, 2.24) is 0 Å². The lowest BCUT2D eigenvalue weighted by Crippen LogP contribution is -1.92. The molecule has 0 aromatic rings. The molecule has 0 bridgehead atoms. The number of hydrogen-bond donors (Lipinski definition) is 1. The summed E-state index contributed by atoms with van der Waals surface area (Å²) >= 11 is 6.22. The maximum atomic E-state index is 4.15. The van der Waals surface area contributed by atoms with E-state index in [1.807, 2.05) is 0 Å². The Balaban J connectivity index is 2.77. The number of rotatable bonds is 6. The highest BCUT2D eigenvalue weighted by atomic mass is 32.2. The zero-order valence-corrected chi connectivity index (χ0v) is 8.68. The Morgan fingerprint density at radius 2 is 2.00 bits per heavy atom. The minimum atomic E-state index is 0.848. The van der Waals surface area contributed by atoms with Gasteiger partial charge in [-0.05, 0) is 36.0 Å². The van der Waals surface area contributed by atoms with Crippen molar-refractivity contribution in [3.8, 4) is 0 Å². The second kappa shape index (κ2) is 7.80. The van der Waals surface area contributed by atoms with Crippen LogP contribution in [0.5, 0.6) is 0 Å². The summed E-state index contributed by atoms with van der Waals surface area (Å²) in [5.41, 5.74) is 0. The molecule has 0 heterocycles. The van der Waals surface area contributed by atoms with Gasteiger partial charge in [-0.3, -0.25) is 0 Å². The van der Waals surface area contributed by atoms with Crippen LogP contribution in [0.4, 0.5) is 0 Å². The fraction of sp³-hybridized carbons (Fsp3) is 1.00. The smallest absolute Gasteiger partial charge is 0.00444 e. The molecule has 0 aliphatic heterocycles. The second-order valence-corrected chi connectivity index (χ2v) is 4.50. The Bertz CT molecular complexity index is 62.3. The first kappa shape index (κ1) is 10.7. The van der Waals surface area contributed by atoms with Gasteiger partial charge in [0.2, 0.25) is 0 Å². The van der Waals surface area contributed by atoms with Gasteiger partial charge in [-0.25, -0.2) is 0 Å². The van der Waals surface area contributed by atoms with Crippen molar-refractivity contribution in [3.05, 3.63) is 0 Å². The molecule has 0 saturated heterocycles. The molecule has 0 atom stereocenters. The molecular weight excluding hydrogens is 160 g/mol. The zero-order valence-electron chi connectivity index (χ0n) is 6.97. The summed E-state index contributed by atoms with van der Waals surface area (Å²) < 4.78 is 0. The average Bonchev–Trinajstić information content (AvgIpc) is 1.87. The monoisotopic (exact) mass is 178 g/mol. The van der Waals surface area contributed by atoms with Crippen LogP contribution in [0.15, 0.2) is 0 Å². The van der Waals surface area contributed by atoms with Gasteiger partial charge in [-0.15, -0.1) is 0 Å². The van der Waals surface area contributed by atoms with E-state index in [9.17, 15) is 0 Å². The maximum Gasteiger partial charge on any atom is -0.00444 e. The van der Waals surface area contributed by atoms with Gasteiger partial charge >= 0.3 is 0 Å². The third-order valence-corrected chi connectivity index (χ3v) is 2.94. The van der Waals surface area contributed by atoms with Gasteiger partial charge in [0, 0.05) is 0 Å². The van der Waals surface area contributed by atoms with Crippen molar-refractivity contribution >= 4 is 24.4 Å². The molecule has 10 heavy (non-hydrogen) atoms. The maximum absolute atomic E-state index is 4.15. The minimum absolute atomic E-state index is 0.848. The molecule has 0 amide bonds. The van der Waals surface area contributed by atoms with E-state index in [0.717, 1.165) is 11.7 Å². The minimum Gasteiger partial charge on any atom is -0.179 e. The summed E-state index contributed by atoms with van der Waals surface area (Å²) in [6.45, 7) is 4.54. The van der Waals surface area contributed by atoms with Gasteiger partial charge in [-0.2, -0.15) is 24.4 Å². The molecule has 0 saturated carbocycles. The van der Waals surface area contributed by atoms with Crippen molar-refractivity contribution in [2.45, 2.75) is 26.7 Å². The Labute approximate surface area is 74.6 Å². The fourth-order valence-corrected chi connectivity index (χ4v) is 1.90. The topological polar surface area (TPSA) is 0 Å². The van der Waals surface area contributed by atoms with E-state index in [1.165, 1.54) is 24.3 Å². The van der Waals surface area contributed by atoms with E-state index >= 15 is 0 Å². The molecule has 0 spiro atoms. The van der Waals surface area contributed by atoms with E-state index in [-0.39, 0.29) is 0 Å². The first-order chi connectivity index (χ1) is 4.77. The van der Waals surface area contributed by atoms with Crippen LogP contribution in [-0.2, 0) is 0 Å². The van der Waals surface area contributed by atoms with E-state index in [0.29, 0.717) is 0 Å². The van der Waals surface area contributed by atoms with Gasteiger partial charge in [0.1, 0.15) is 0 Å². The van der Waals surface area contributed by atoms with Gasteiger partial charge in [0.15, 0.2) is 0 Å². The largest absolute Gasteiger partial charge is 0.179 e. The summed E-state index contributed by atoms with van der Waals surface area (Å²) in [6.07, 6.45) is 2.61. The van der Waals surface area contributed by atoms with Crippen LogP contribution >= 0.6 is 24.4 Å². The molecule has 0 unspecified atom stereocenters. The van der Waals surface area contributed by atoms with Gasteiger partial charge in [0.25, 0.3) is 0 Å². The van der Waals surface area contributed by atoms with Crippen LogP contribution in [0.3, 0.4) is 0 Å². The quantitative estimate of drug-likeness (QED) is 0.482. The Morgan fingerprint density at radius 1 is 1.30 bits per heavy atom. The first-order valence-corrected chi connectivity index (χ1v) is 5.74. The second-order valence-electron chi connectivity index (χ2n) is 2.90. The average molecular weight is 178 g/mol. The third-order valence-electron chi connectivity index (χ3n) is 1.15. The van der Waals surface area contributed by atoms with Crippen molar-refractivity contribution in [1.29, 1.82) is 0 Å². The standard InChI is InChI=1S/C8H18S2/c1-8(2)7-10-6-4-3-5-9/h8-9H,3-7H2,1-2H3. The first-order valence-electron chi connectivity index (χ1n) is 3.96. The Morgan fingerprint density at radius 3 is 2.50 bits per heavy atom. The third kappa shape index (κ3) is 8.70. The lowest BCUT2D eigenvalue weighted by molar-refractivity contribution is 0.749. The van der Waals surface area contributed by atoms with Crippen molar-refractivity contribution in [2.75, 3.05) is 17.3 Å². The molecule has 0 aliphatic carbocycles. The lowest BCUT2D eigenvalue weighted by Gasteiger charge is -2.02. The summed E-state index contributed by atoms with van der Waals surface area (Å²) in [7, 11) is 0. The van der Waals surface area contributed by atoms with Crippen molar-refractivity contribution in [2.24, 2.45) is 5.92 Å². The Kier molecular flexibility index (Phi) is 8.35. The molecule has 0 rings (SSSR count). The van der Waals surface area contributed by atoms with Crippen LogP contribution in [0.25, 0.3) is 0 Å². The molecule has 0 aliphatic rings. The highest BCUT2D eigenvalue weighted by Gasteiger charge is 1.92. The van der Waals surface area contributed by atoms with Crippen molar-refractivity contribution < 1.29 is 0 Å². The SMILES string of the molecule is CC(C)CSCCCCS. The zero-order chi connectivity index (χ0) is 7.82. The van der Waals surface area contributed by atoms with Gasteiger partial charge in [-0.1, -0.05) is 13.8 Å². The molecule has 0 aromatic heterocycles. The predicted molar refractivity (Wildman–Crippen MR) is 55.3 cm³/mol. The van der Waals surface area contributed by atoms with E-state index in [4.69, 9.17) is 0 Å². The summed E-state index contributed by atoms with van der Waals surface area (Å²) in [5.74, 6) is 4.52. The lowest BCUT2D eigenvalue weighted by atomic mass is 10.3. The summed E-state index contributed by atoms with van der Waals surface area (Å²) in [5, 5.41) is 0. The molecule has 0 radical (unpaired) electrons. The van der Waals surface area contributed by atoms with Crippen LogP contribution < -0.4 is 0 Å². The number of thioether (sulfide) groups is 1. The molecular formula is C8H18S2. The van der Waals surface area contributed by atoms with Gasteiger partial charge < -0.3 is 0 Å². The summed E-state index contributed by atoms with van der Waals surface area (Å²) in [4.78, 5) is 0. The van der Waals surface area contributed by atoms with E-state index in [2.05, 4.69) is 38.2 Å². The number of thiol groups is 1. The van der Waals surface area contributed by atoms with Crippen LogP contribution in [-0.4, -0.2) is 17.3 Å². The summed E-state index contributed by atoms with van der Waals surface area (Å²) in [6, 6.07) is 0. The predicted octanol–water partition coefficient (Wildman–Crippen LogP) is 3.09. The van der Waals surface area contributed by atoms with E-state index in [1.54, 1.807) is 0 Å². The van der Waals surface area contributed by atoms with Crippen LogP contribution in [0.1, 0.15) is 26.7 Å². The highest BCUT2D eigenvalue weighted by Crippen LogP contribution is 2.09. The molecule has 0 nitrogen and oxygen atoms in total. The molecule has 0 fully saturated rings. The van der Waals surface area contributed by atoms with Crippen molar-refractivity contribution in [3.63, 3.8) is 0 Å². The number of unbranched alkanes of at least 4 members (excludes halogenated alkanes) is 1. The molecule has 0 N–H and O–H groups in total. The van der Waals surface area contributed by atoms with Gasteiger partial charge in [0.05, 0.1) is 0 Å². The normalized spacial score (nSPS) is 10.8. The Hall–Kier alpha value is 0.700. The number of hydrogen-bond acceptors (Lipinski definition) is 2.